The van der Waals surface area contributed by atoms with Crippen LogP contribution in [0.15, 0.2) is 30.3 Å². The average molecular weight is 261 g/mol. The van der Waals surface area contributed by atoms with Crippen LogP contribution in [0, 0.1) is 5.41 Å². The molecule has 1 heteroatoms. The lowest BCUT2D eigenvalue weighted by Crippen LogP contribution is -2.45. The van der Waals surface area contributed by atoms with E-state index in [1.54, 1.807) is 0 Å². The van der Waals surface area contributed by atoms with Gasteiger partial charge in [-0.05, 0) is 30.4 Å². The highest BCUT2D eigenvalue weighted by Gasteiger charge is 2.31. The normalized spacial score (nSPS) is 14.4. The van der Waals surface area contributed by atoms with Crippen molar-refractivity contribution in [2.24, 2.45) is 5.41 Å². The molecule has 0 radical (unpaired) electrons. The molecule has 1 aromatic rings. The first-order chi connectivity index (χ1) is 8.77. The first-order valence-electron chi connectivity index (χ1n) is 7.56. The zero-order valence-corrected chi connectivity index (χ0v) is 13.6. The Bertz CT molecular complexity index is 359. The van der Waals surface area contributed by atoms with E-state index in [1.807, 2.05) is 0 Å². The van der Waals surface area contributed by atoms with Gasteiger partial charge >= 0.3 is 0 Å². The van der Waals surface area contributed by atoms with Gasteiger partial charge in [-0.2, -0.15) is 0 Å². The topological polar surface area (TPSA) is 12.0 Å². The molecule has 1 aromatic carbocycles. The molecular weight excluding hydrogens is 230 g/mol. The molecule has 0 aliphatic heterocycles. The summed E-state index contributed by atoms with van der Waals surface area (Å²) in [6.45, 7) is 14.9. The fourth-order valence-corrected chi connectivity index (χ4v) is 2.61. The van der Waals surface area contributed by atoms with E-state index in [-0.39, 0.29) is 5.41 Å². The maximum Gasteiger partial charge on any atom is 0.0159 e. The maximum absolute atomic E-state index is 3.69. The van der Waals surface area contributed by atoms with Crippen LogP contribution in [-0.4, -0.2) is 12.6 Å². The van der Waals surface area contributed by atoms with Crippen molar-refractivity contribution in [3.05, 3.63) is 35.9 Å². The summed E-state index contributed by atoms with van der Waals surface area (Å²) in [5.41, 5.74) is 2.00. The lowest BCUT2D eigenvalue weighted by Gasteiger charge is -2.37. The fraction of sp³-hybridized carbons (Fsp3) is 0.667. The van der Waals surface area contributed by atoms with Gasteiger partial charge in [0.25, 0.3) is 0 Å². The second-order valence-corrected chi connectivity index (χ2v) is 7.30. The third-order valence-corrected chi connectivity index (χ3v) is 4.02. The van der Waals surface area contributed by atoms with E-state index in [0.717, 1.165) is 6.54 Å². The van der Waals surface area contributed by atoms with Gasteiger partial charge in [0.1, 0.15) is 0 Å². The van der Waals surface area contributed by atoms with Gasteiger partial charge in [-0.3, -0.25) is 0 Å². The molecule has 0 spiro atoms. The third kappa shape index (κ3) is 4.99. The van der Waals surface area contributed by atoms with Gasteiger partial charge in [0.05, 0.1) is 0 Å². The minimum absolute atomic E-state index is 0.169. The minimum atomic E-state index is 0.169. The molecule has 1 nitrogen and oxygen atoms in total. The van der Waals surface area contributed by atoms with Gasteiger partial charge in [-0.25, -0.2) is 0 Å². The van der Waals surface area contributed by atoms with Crippen molar-refractivity contribution in [1.82, 2.24) is 5.32 Å². The average Bonchev–Trinajstić information content (AvgIpc) is 2.34. The van der Waals surface area contributed by atoms with Crippen LogP contribution in [0.1, 0.15) is 59.9 Å². The van der Waals surface area contributed by atoms with Crippen LogP contribution in [0.4, 0.5) is 0 Å². The Morgan fingerprint density at radius 3 is 2.05 bits per heavy atom. The van der Waals surface area contributed by atoms with E-state index in [4.69, 9.17) is 0 Å². The molecule has 0 saturated carbocycles. The molecule has 0 saturated heterocycles. The van der Waals surface area contributed by atoms with Crippen molar-refractivity contribution in [3.63, 3.8) is 0 Å². The fourth-order valence-electron chi connectivity index (χ4n) is 2.61. The largest absolute Gasteiger partial charge is 0.313 e. The first kappa shape index (κ1) is 16.2. The summed E-state index contributed by atoms with van der Waals surface area (Å²) in [5.74, 6) is 0. The van der Waals surface area contributed by atoms with Crippen LogP contribution in [0.2, 0.25) is 0 Å². The first-order valence-corrected chi connectivity index (χ1v) is 7.56. The Labute approximate surface area is 119 Å². The summed E-state index contributed by atoms with van der Waals surface area (Å²) < 4.78 is 0. The summed E-state index contributed by atoms with van der Waals surface area (Å²) in [6.07, 6.45) is 2.47. The molecule has 1 unspecified atom stereocenters. The van der Waals surface area contributed by atoms with Gasteiger partial charge in [0.15, 0.2) is 0 Å². The molecule has 0 heterocycles. The summed E-state index contributed by atoms with van der Waals surface area (Å²) in [4.78, 5) is 0. The number of hydrogen-bond donors (Lipinski definition) is 1. The Hall–Kier alpha value is -0.820. The third-order valence-electron chi connectivity index (χ3n) is 4.02. The zero-order chi connectivity index (χ0) is 14.5. The van der Waals surface area contributed by atoms with E-state index in [0.29, 0.717) is 11.5 Å². The highest BCUT2D eigenvalue weighted by atomic mass is 14.9. The van der Waals surface area contributed by atoms with Gasteiger partial charge in [-0.1, -0.05) is 71.9 Å². The monoisotopic (exact) mass is 261 g/mol. The van der Waals surface area contributed by atoms with Crippen LogP contribution < -0.4 is 5.32 Å². The molecule has 0 aliphatic carbocycles. The summed E-state index contributed by atoms with van der Waals surface area (Å²) in [6, 6.07) is 11.4. The number of likely N-dealkylation sites (N-methyl/N-ethyl adjacent to an activating group) is 1. The van der Waals surface area contributed by atoms with Crippen molar-refractivity contribution in [2.45, 2.75) is 65.8 Å². The van der Waals surface area contributed by atoms with Crippen LogP contribution >= 0.6 is 0 Å². The van der Waals surface area contributed by atoms with E-state index < -0.39 is 0 Å². The molecule has 108 valence electrons. The van der Waals surface area contributed by atoms with Gasteiger partial charge in [0.2, 0.25) is 0 Å². The van der Waals surface area contributed by atoms with Gasteiger partial charge in [-0.15, -0.1) is 0 Å². The second kappa shape index (κ2) is 6.56. The molecule has 1 rings (SSSR count). The smallest absolute Gasteiger partial charge is 0.0159 e. The zero-order valence-electron chi connectivity index (χ0n) is 13.6. The van der Waals surface area contributed by atoms with E-state index in [2.05, 4.69) is 77.2 Å². The van der Waals surface area contributed by atoms with Gasteiger partial charge < -0.3 is 5.32 Å². The molecule has 19 heavy (non-hydrogen) atoms. The molecule has 0 fully saturated rings. The lowest BCUT2D eigenvalue weighted by atomic mass is 9.74. The molecule has 1 N–H and O–H groups in total. The molecular formula is C18H31N. The highest BCUT2D eigenvalue weighted by molar-refractivity contribution is 5.25. The Morgan fingerprint density at radius 1 is 1.00 bits per heavy atom. The number of benzene rings is 1. The van der Waals surface area contributed by atoms with E-state index in [9.17, 15) is 0 Å². The highest BCUT2D eigenvalue weighted by Crippen LogP contribution is 2.32. The van der Waals surface area contributed by atoms with Crippen molar-refractivity contribution in [1.29, 1.82) is 0 Å². The second-order valence-electron chi connectivity index (χ2n) is 7.30. The summed E-state index contributed by atoms with van der Waals surface area (Å²) in [5, 5.41) is 3.69. The standard InChI is InChI=1S/C18H31N/c1-7-19-16(13-14-17(2,3)4)18(5,6)15-11-9-8-10-12-15/h8-12,16,19H,7,13-14H2,1-6H3. The van der Waals surface area contributed by atoms with Crippen molar-refractivity contribution < 1.29 is 0 Å². The van der Waals surface area contributed by atoms with Crippen molar-refractivity contribution in [3.8, 4) is 0 Å². The van der Waals surface area contributed by atoms with Crippen molar-refractivity contribution >= 4 is 0 Å². The van der Waals surface area contributed by atoms with Crippen LogP contribution in [-0.2, 0) is 5.41 Å². The molecule has 0 aromatic heterocycles. The SMILES string of the molecule is CCNC(CCC(C)(C)C)C(C)(C)c1ccccc1. The molecule has 1 atom stereocenters. The number of hydrogen-bond acceptors (Lipinski definition) is 1. The summed E-state index contributed by atoms with van der Waals surface area (Å²) in [7, 11) is 0. The minimum Gasteiger partial charge on any atom is -0.313 e. The van der Waals surface area contributed by atoms with Gasteiger partial charge in [0, 0.05) is 11.5 Å². The Balaban J connectivity index is 2.85. The quantitative estimate of drug-likeness (QED) is 0.778. The maximum atomic E-state index is 3.69. The van der Waals surface area contributed by atoms with E-state index >= 15 is 0 Å². The number of nitrogens with one attached hydrogen (secondary N) is 1. The molecule has 0 amide bonds. The van der Waals surface area contributed by atoms with Crippen molar-refractivity contribution in [2.75, 3.05) is 6.54 Å². The Kier molecular flexibility index (Phi) is 5.61. The predicted octanol–water partition coefficient (Wildman–Crippen LogP) is 4.77. The van der Waals surface area contributed by atoms with E-state index in [1.165, 1.54) is 18.4 Å². The molecule has 0 aliphatic rings. The number of rotatable bonds is 6. The molecule has 0 bridgehead atoms. The lowest BCUT2D eigenvalue weighted by molar-refractivity contribution is 0.271. The van der Waals surface area contributed by atoms with Crippen LogP contribution in [0.3, 0.4) is 0 Å². The van der Waals surface area contributed by atoms with Crippen LogP contribution in [0.5, 0.6) is 0 Å². The predicted molar refractivity (Wildman–Crippen MR) is 85.6 cm³/mol. The summed E-state index contributed by atoms with van der Waals surface area (Å²) >= 11 is 0. The van der Waals surface area contributed by atoms with Crippen LogP contribution in [0.25, 0.3) is 0 Å². The Morgan fingerprint density at radius 2 is 1.58 bits per heavy atom.